The van der Waals surface area contributed by atoms with Crippen molar-refractivity contribution in [3.05, 3.63) is 77.7 Å². The van der Waals surface area contributed by atoms with Gasteiger partial charge in [0, 0.05) is 5.92 Å². The molecule has 1 aromatic heterocycles. The number of oxime groups is 1. The predicted molar refractivity (Wildman–Crippen MR) is 107 cm³/mol. The number of nitrogens with zero attached hydrogens (tertiary/aromatic N) is 1. The topological polar surface area (TPSA) is 79.5 Å². The maximum Gasteiger partial charge on any atom is 0.400 e. The van der Waals surface area contributed by atoms with E-state index in [1.165, 1.54) is 12.3 Å². The number of rotatable bonds is 6. The van der Waals surface area contributed by atoms with Crippen molar-refractivity contribution in [1.82, 2.24) is 0 Å². The van der Waals surface area contributed by atoms with Crippen LogP contribution in [0.2, 0.25) is 0 Å². The molecular formula is C23H19NO6. The molecule has 2 aromatic carbocycles. The Balaban J connectivity index is 1.41. The Morgan fingerprint density at radius 1 is 1.07 bits per heavy atom. The average molecular weight is 405 g/mol. The first-order valence-electron chi connectivity index (χ1n) is 9.59. The van der Waals surface area contributed by atoms with E-state index >= 15 is 0 Å². The summed E-state index contributed by atoms with van der Waals surface area (Å²) in [6.45, 7) is 0.244. The van der Waals surface area contributed by atoms with Gasteiger partial charge in [0.2, 0.25) is 12.6 Å². The standard InChI is InChI=1S/C23H19NO6/c1-26-16-7-4-14(5-8-16)22(24-30-23(25)20-3-2-10-27-20)18-12-17(18)15-6-9-19-21(11-15)29-13-28-19/h2-11,17-18H,12-13H2,1H3/b24-22-/t17-,18+/m1/s1. The molecule has 0 amide bonds. The van der Waals surface area contributed by atoms with Crippen LogP contribution in [0.5, 0.6) is 17.2 Å². The maximum atomic E-state index is 12.2. The molecular weight excluding hydrogens is 386 g/mol. The Morgan fingerprint density at radius 2 is 1.90 bits per heavy atom. The molecule has 1 saturated carbocycles. The first-order valence-corrected chi connectivity index (χ1v) is 9.59. The first kappa shape index (κ1) is 18.3. The molecule has 0 N–H and O–H groups in total. The van der Waals surface area contributed by atoms with Gasteiger partial charge in [-0.25, -0.2) is 4.79 Å². The van der Waals surface area contributed by atoms with Gasteiger partial charge in [-0.15, -0.1) is 0 Å². The van der Waals surface area contributed by atoms with E-state index in [4.69, 9.17) is 23.5 Å². The molecule has 2 atom stereocenters. The zero-order valence-corrected chi connectivity index (χ0v) is 16.2. The van der Waals surface area contributed by atoms with Gasteiger partial charge in [0.05, 0.1) is 19.1 Å². The van der Waals surface area contributed by atoms with Crippen molar-refractivity contribution in [2.45, 2.75) is 12.3 Å². The van der Waals surface area contributed by atoms with Crippen LogP contribution in [0.3, 0.4) is 0 Å². The lowest BCUT2D eigenvalue weighted by atomic mass is 10.0. The van der Waals surface area contributed by atoms with Gasteiger partial charge >= 0.3 is 5.97 Å². The fourth-order valence-corrected chi connectivity index (χ4v) is 3.64. The minimum Gasteiger partial charge on any atom is -0.497 e. The van der Waals surface area contributed by atoms with E-state index in [9.17, 15) is 4.79 Å². The van der Waals surface area contributed by atoms with E-state index in [0.29, 0.717) is 5.71 Å². The highest BCUT2D eigenvalue weighted by molar-refractivity contribution is 6.04. The lowest BCUT2D eigenvalue weighted by molar-refractivity contribution is 0.0479. The lowest BCUT2D eigenvalue weighted by Crippen LogP contribution is -2.09. The number of furan rings is 1. The Hall–Kier alpha value is -3.74. The van der Waals surface area contributed by atoms with Crippen LogP contribution in [0.4, 0.5) is 0 Å². The molecule has 2 heterocycles. The van der Waals surface area contributed by atoms with Gasteiger partial charge in [0.15, 0.2) is 11.5 Å². The molecule has 7 heteroatoms. The Bertz CT molecular complexity index is 1090. The molecule has 0 spiro atoms. The van der Waals surface area contributed by atoms with Gasteiger partial charge in [-0.05, 0) is 72.0 Å². The number of fused-ring (bicyclic) bond motifs is 1. The van der Waals surface area contributed by atoms with Crippen LogP contribution in [-0.4, -0.2) is 25.6 Å². The highest BCUT2D eigenvalue weighted by atomic mass is 16.7. The van der Waals surface area contributed by atoms with Crippen LogP contribution in [-0.2, 0) is 4.84 Å². The third-order valence-electron chi connectivity index (χ3n) is 5.30. The highest BCUT2D eigenvalue weighted by Crippen LogP contribution is 2.51. The Labute approximate surface area is 172 Å². The van der Waals surface area contributed by atoms with Gasteiger partial charge in [0.1, 0.15) is 5.75 Å². The lowest BCUT2D eigenvalue weighted by Gasteiger charge is -2.08. The maximum absolute atomic E-state index is 12.2. The third kappa shape index (κ3) is 3.50. The van der Waals surface area contributed by atoms with Crippen LogP contribution in [0.1, 0.15) is 34.0 Å². The van der Waals surface area contributed by atoms with Crippen molar-refractivity contribution in [2.24, 2.45) is 11.1 Å². The summed E-state index contributed by atoms with van der Waals surface area (Å²) in [5, 5.41) is 4.23. The summed E-state index contributed by atoms with van der Waals surface area (Å²) in [4.78, 5) is 17.4. The van der Waals surface area contributed by atoms with Crippen LogP contribution in [0.15, 0.2) is 70.4 Å². The summed E-state index contributed by atoms with van der Waals surface area (Å²) < 4.78 is 21.2. The van der Waals surface area contributed by atoms with Crippen molar-refractivity contribution >= 4 is 11.7 Å². The molecule has 0 radical (unpaired) electrons. The number of carbonyl (C=O) groups is 1. The molecule has 0 saturated heterocycles. The number of carbonyl (C=O) groups excluding carboxylic acids is 1. The second-order valence-electron chi connectivity index (χ2n) is 7.12. The van der Waals surface area contributed by atoms with Crippen LogP contribution in [0.25, 0.3) is 0 Å². The summed E-state index contributed by atoms with van der Waals surface area (Å²) in [5.41, 5.74) is 2.72. The van der Waals surface area contributed by atoms with E-state index in [-0.39, 0.29) is 24.4 Å². The molecule has 1 aliphatic heterocycles. The molecule has 1 fully saturated rings. The second kappa shape index (κ2) is 7.59. The Kier molecular flexibility index (Phi) is 4.63. The van der Waals surface area contributed by atoms with Crippen LogP contribution >= 0.6 is 0 Å². The summed E-state index contributed by atoms with van der Waals surface area (Å²) in [6.07, 6.45) is 2.31. The van der Waals surface area contributed by atoms with Crippen molar-refractivity contribution in [2.75, 3.05) is 13.9 Å². The Morgan fingerprint density at radius 3 is 2.67 bits per heavy atom. The minimum atomic E-state index is -0.633. The number of ether oxygens (including phenoxy) is 3. The van der Waals surface area contributed by atoms with E-state index in [2.05, 4.69) is 5.16 Å². The number of benzene rings is 2. The SMILES string of the molecule is COc1ccc(/C(=N/OC(=O)c2ccco2)[C@H]2C[C@@H]2c2ccc3c(c2)OCO3)cc1. The predicted octanol–water partition coefficient (Wildman–Crippen LogP) is 4.38. The fourth-order valence-electron chi connectivity index (χ4n) is 3.64. The quantitative estimate of drug-likeness (QED) is 0.344. The fraction of sp³-hybridized carbons (Fsp3) is 0.217. The van der Waals surface area contributed by atoms with Gasteiger partial charge in [0.25, 0.3) is 0 Å². The largest absolute Gasteiger partial charge is 0.497 e. The zero-order valence-electron chi connectivity index (χ0n) is 16.2. The monoisotopic (exact) mass is 405 g/mol. The third-order valence-corrected chi connectivity index (χ3v) is 5.30. The molecule has 5 rings (SSSR count). The van der Waals surface area contributed by atoms with Crippen LogP contribution in [0, 0.1) is 5.92 Å². The van der Waals surface area contributed by atoms with Gasteiger partial charge in [-0.2, -0.15) is 0 Å². The molecule has 2 aliphatic rings. The highest BCUT2D eigenvalue weighted by Gasteiger charge is 2.43. The summed E-state index contributed by atoms with van der Waals surface area (Å²) in [6, 6.07) is 16.7. The molecule has 7 nitrogen and oxygen atoms in total. The van der Waals surface area contributed by atoms with Crippen molar-refractivity contribution in [3.8, 4) is 17.2 Å². The van der Waals surface area contributed by atoms with Crippen LogP contribution < -0.4 is 14.2 Å². The minimum absolute atomic E-state index is 0.107. The van der Waals surface area contributed by atoms with E-state index in [0.717, 1.165) is 34.8 Å². The van der Waals surface area contributed by atoms with Gasteiger partial charge in [-0.3, -0.25) is 0 Å². The van der Waals surface area contributed by atoms with Crippen molar-refractivity contribution in [3.63, 3.8) is 0 Å². The number of methoxy groups -OCH3 is 1. The first-order chi connectivity index (χ1) is 14.7. The zero-order chi connectivity index (χ0) is 20.5. The normalized spacial score (nSPS) is 19.4. The van der Waals surface area contributed by atoms with Crippen molar-refractivity contribution in [1.29, 1.82) is 0 Å². The number of hydrogen-bond acceptors (Lipinski definition) is 7. The van der Waals surface area contributed by atoms with Crippen molar-refractivity contribution < 1.29 is 28.3 Å². The second-order valence-corrected chi connectivity index (χ2v) is 7.12. The molecule has 0 bridgehead atoms. The summed E-state index contributed by atoms with van der Waals surface area (Å²) in [5.74, 6) is 2.10. The van der Waals surface area contributed by atoms with Gasteiger partial charge in [-0.1, -0.05) is 11.2 Å². The van der Waals surface area contributed by atoms with E-state index in [1.54, 1.807) is 13.2 Å². The number of hydrogen-bond donors (Lipinski definition) is 0. The molecule has 30 heavy (non-hydrogen) atoms. The molecule has 1 aliphatic carbocycles. The summed E-state index contributed by atoms with van der Waals surface area (Å²) >= 11 is 0. The smallest absolute Gasteiger partial charge is 0.400 e. The molecule has 3 aromatic rings. The molecule has 152 valence electrons. The average Bonchev–Trinajstić information content (AvgIpc) is 3.18. The van der Waals surface area contributed by atoms with E-state index < -0.39 is 5.97 Å². The molecule has 0 unspecified atom stereocenters. The van der Waals surface area contributed by atoms with E-state index in [1.807, 2.05) is 42.5 Å². The summed E-state index contributed by atoms with van der Waals surface area (Å²) in [7, 11) is 1.62. The van der Waals surface area contributed by atoms with Gasteiger partial charge < -0.3 is 23.5 Å².